The minimum atomic E-state index is 0.261. The number of hydrogen-bond donors (Lipinski definition) is 0. The zero-order valence-electron chi connectivity index (χ0n) is 12.5. The maximum absolute atomic E-state index is 12.2. The summed E-state index contributed by atoms with van der Waals surface area (Å²) in [5.74, 6) is 0.908. The number of carbonyl (C=O) groups is 1. The first-order valence-electron chi connectivity index (χ1n) is 7.75. The van der Waals surface area contributed by atoms with Crippen LogP contribution >= 0.6 is 11.6 Å². The van der Waals surface area contributed by atoms with Crippen molar-refractivity contribution < 1.29 is 4.79 Å². The van der Waals surface area contributed by atoms with E-state index < -0.39 is 0 Å². The molecule has 1 fully saturated rings. The molecule has 2 aliphatic rings. The van der Waals surface area contributed by atoms with E-state index in [9.17, 15) is 4.79 Å². The van der Waals surface area contributed by atoms with Crippen LogP contribution in [0.4, 0.5) is 0 Å². The summed E-state index contributed by atoms with van der Waals surface area (Å²) in [4.78, 5) is 14.1. The third kappa shape index (κ3) is 2.05. The highest BCUT2D eigenvalue weighted by molar-refractivity contribution is 6.30. The van der Waals surface area contributed by atoms with Gasteiger partial charge in [-0.05, 0) is 35.2 Å². The van der Waals surface area contributed by atoms with Gasteiger partial charge in [0.25, 0.3) is 0 Å². The molecule has 1 aliphatic heterocycles. The lowest BCUT2D eigenvalue weighted by Gasteiger charge is -2.36. The highest BCUT2D eigenvalue weighted by Gasteiger charge is 2.44. The van der Waals surface area contributed by atoms with E-state index in [0.717, 1.165) is 11.4 Å². The number of likely N-dealkylation sites (N-methyl/N-ethyl adjacent to an activating group) is 1. The van der Waals surface area contributed by atoms with Crippen molar-refractivity contribution in [3.8, 4) is 0 Å². The first-order chi connectivity index (χ1) is 10.6. The zero-order valence-corrected chi connectivity index (χ0v) is 13.3. The summed E-state index contributed by atoms with van der Waals surface area (Å²) in [6.07, 6.45) is 1.62. The number of rotatable bonds is 1. The van der Waals surface area contributed by atoms with E-state index in [0.29, 0.717) is 24.3 Å². The molecule has 0 unspecified atom stereocenters. The van der Waals surface area contributed by atoms with Gasteiger partial charge in [0.05, 0.1) is 0 Å². The molecule has 4 rings (SSSR count). The van der Waals surface area contributed by atoms with Crippen LogP contribution in [0.5, 0.6) is 0 Å². The lowest BCUT2D eigenvalue weighted by molar-refractivity contribution is -0.127. The highest BCUT2D eigenvalue weighted by Crippen LogP contribution is 2.48. The third-order valence-corrected chi connectivity index (χ3v) is 5.48. The molecule has 0 bridgehead atoms. The van der Waals surface area contributed by atoms with Crippen LogP contribution in [0.25, 0.3) is 0 Å². The maximum atomic E-state index is 12.2. The number of halogens is 1. The molecule has 0 spiro atoms. The Morgan fingerprint density at radius 1 is 1.09 bits per heavy atom. The highest BCUT2D eigenvalue weighted by atomic mass is 35.5. The van der Waals surface area contributed by atoms with E-state index in [4.69, 9.17) is 11.6 Å². The Labute approximate surface area is 135 Å². The number of benzene rings is 2. The summed E-state index contributed by atoms with van der Waals surface area (Å²) >= 11 is 6.19. The van der Waals surface area contributed by atoms with Crippen molar-refractivity contribution in [2.24, 2.45) is 0 Å². The van der Waals surface area contributed by atoms with Crippen LogP contribution in [0.1, 0.15) is 41.4 Å². The molecule has 1 aliphatic carbocycles. The van der Waals surface area contributed by atoms with E-state index in [-0.39, 0.29) is 5.91 Å². The molecular weight excluding hydrogens is 294 g/mol. The number of amides is 1. The van der Waals surface area contributed by atoms with Crippen molar-refractivity contribution >= 4 is 17.5 Å². The monoisotopic (exact) mass is 311 g/mol. The second-order valence-electron chi connectivity index (χ2n) is 6.35. The first kappa shape index (κ1) is 13.8. The summed E-state index contributed by atoms with van der Waals surface area (Å²) in [7, 11) is 1.94. The van der Waals surface area contributed by atoms with Crippen molar-refractivity contribution in [2.75, 3.05) is 7.05 Å². The molecule has 0 N–H and O–H groups in total. The average Bonchev–Trinajstić information content (AvgIpc) is 2.82. The molecule has 0 aromatic heterocycles. The third-order valence-electron chi connectivity index (χ3n) is 5.25. The normalized spacial score (nSPS) is 26.7. The topological polar surface area (TPSA) is 20.3 Å². The fraction of sp³-hybridized carbons (Fsp3) is 0.316. The van der Waals surface area contributed by atoms with Gasteiger partial charge >= 0.3 is 0 Å². The molecule has 0 saturated carbocycles. The Bertz CT molecular complexity index is 742. The van der Waals surface area contributed by atoms with Gasteiger partial charge in [-0.3, -0.25) is 4.79 Å². The van der Waals surface area contributed by atoms with Crippen molar-refractivity contribution in [1.82, 2.24) is 4.90 Å². The SMILES string of the molecule is CN1C(=O)C[C@@H]2c3ccccc3[C@@H](c3cccc(Cl)c3)C[C@H]21. The van der Waals surface area contributed by atoms with Gasteiger partial charge in [-0.2, -0.15) is 0 Å². The van der Waals surface area contributed by atoms with Gasteiger partial charge in [0.15, 0.2) is 0 Å². The second-order valence-corrected chi connectivity index (χ2v) is 6.79. The minimum Gasteiger partial charge on any atom is -0.342 e. The predicted molar refractivity (Wildman–Crippen MR) is 88.3 cm³/mol. The summed E-state index contributed by atoms with van der Waals surface area (Å²) in [6, 6.07) is 17.0. The molecule has 3 atom stereocenters. The standard InChI is InChI=1S/C19H18ClNO/c1-21-18-10-16(12-5-4-6-13(20)9-12)14-7-2-3-8-15(14)17(18)11-19(21)22/h2-9,16-18H,10-11H2,1H3/t16-,17-,18-/m1/s1. The molecular formula is C19H18ClNO. The number of nitrogens with zero attached hydrogens (tertiary/aromatic N) is 1. The van der Waals surface area contributed by atoms with E-state index >= 15 is 0 Å². The van der Waals surface area contributed by atoms with E-state index in [1.54, 1.807) is 0 Å². The molecule has 2 aromatic carbocycles. The van der Waals surface area contributed by atoms with Crippen LogP contribution < -0.4 is 0 Å². The number of carbonyl (C=O) groups excluding carboxylic acids is 1. The minimum absolute atomic E-state index is 0.261. The first-order valence-corrected chi connectivity index (χ1v) is 8.13. The number of hydrogen-bond acceptors (Lipinski definition) is 1. The molecule has 0 radical (unpaired) electrons. The number of likely N-dealkylation sites (tertiary alicyclic amines) is 1. The smallest absolute Gasteiger partial charge is 0.223 e. The maximum Gasteiger partial charge on any atom is 0.223 e. The van der Waals surface area contributed by atoms with Crippen molar-refractivity contribution in [3.63, 3.8) is 0 Å². The fourth-order valence-corrected chi connectivity index (χ4v) is 4.33. The molecule has 3 heteroatoms. The van der Waals surface area contributed by atoms with Crippen LogP contribution in [-0.2, 0) is 4.79 Å². The zero-order chi connectivity index (χ0) is 15.3. The van der Waals surface area contributed by atoms with Crippen LogP contribution in [0, 0.1) is 0 Å². The molecule has 1 heterocycles. The summed E-state index contributed by atoms with van der Waals surface area (Å²) in [5, 5.41) is 0.771. The van der Waals surface area contributed by atoms with E-state index in [2.05, 4.69) is 36.4 Å². The number of fused-ring (bicyclic) bond motifs is 3. The van der Waals surface area contributed by atoms with E-state index in [1.165, 1.54) is 16.7 Å². The van der Waals surface area contributed by atoms with Gasteiger partial charge in [0.1, 0.15) is 0 Å². The largest absolute Gasteiger partial charge is 0.342 e. The van der Waals surface area contributed by atoms with Gasteiger partial charge in [-0.1, -0.05) is 48.0 Å². The molecule has 22 heavy (non-hydrogen) atoms. The predicted octanol–water partition coefficient (Wildman–Crippen LogP) is 4.19. The summed E-state index contributed by atoms with van der Waals surface area (Å²) in [6.45, 7) is 0. The lowest BCUT2D eigenvalue weighted by Crippen LogP contribution is -2.35. The lowest BCUT2D eigenvalue weighted by atomic mass is 9.71. The molecule has 2 nitrogen and oxygen atoms in total. The molecule has 2 aromatic rings. The van der Waals surface area contributed by atoms with Crippen LogP contribution in [0.3, 0.4) is 0 Å². The summed E-state index contributed by atoms with van der Waals surface area (Å²) in [5.41, 5.74) is 3.93. The van der Waals surface area contributed by atoms with Gasteiger partial charge in [-0.25, -0.2) is 0 Å². The van der Waals surface area contributed by atoms with Crippen molar-refractivity contribution in [2.45, 2.75) is 30.7 Å². The van der Waals surface area contributed by atoms with Gasteiger partial charge in [0.2, 0.25) is 5.91 Å². The van der Waals surface area contributed by atoms with Crippen LogP contribution in [0.2, 0.25) is 5.02 Å². The van der Waals surface area contributed by atoms with Gasteiger partial charge in [0, 0.05) is 36.4 Å². The van der Waals surface area contributed by atoms with Gasteiger partial charge in [-0.15, -0.1) is 0 Å². The Morgan fingerprint density at radius 3 is 2.64 bits per heavy atom. The Balaban J connectivity index is 1.84. The quantitative estimate of drug-likeness (QED) is 0.773. The molecule has 112 valence electrons. The van der Waals surface area contributed by atoms with E-state index in [1.807, 2.05) is 24.1 Å². The molecule has 1 amide bonds. The second kappa shape index (κ2) is 5.13. The Hall–Kier alpha value is -1.80. The Kier molecular flexibility index (Phi) is 3.23. The Morgan fingerprint density at radius 2 is 1.86 bits per heavy atom. The van der Waals surface area contributed by atoms with Crippen molar-refractivity contribution in [1.29, 1.82) is 0 Å². The summed E-state index contributed by atoms with van der Waals surface area (Å²) < 4.78 is 0. The van der Waals surface area contributed by atoms with Crippen LogP contribution in [0.15, 0.2) is 48.5 Å². The molecule has 1 saturated heterocycles. The van der Waals surface area contributed by atoms with Gasteiger partial charge < -0.3 is 4.90 Å². The fourth-order valence-electron chi connectivity index (χ4n) is 4.14. The van der Waals surface area contributed by atoms with Crippen molar-refractivity contribution in [3.05, 3.63) is 70.2 Å². The average molecular weight is 312 g/mol. The van der Waals surface area contributed by atoms with Crippen LogP contribution in [-0.4, -0.2) is 23.9 Å².